The minimum absolute atomic E-state index is 0.112. The number of hydrogen-bond donors (Lipinski definition) is 0. The van der Waals surface area contributed by atoms with Crippen LogP contribution in [0.3, 0.4) is 0 Å². The van der Waals surface area contributed by atoms with Gasteiger partial charge in [-0.1, -0.05) is 58.3 Å². The van der Waals surface area contributed by atoms with Crippen molar-refractivity contribution in [2.45, 2.75) is 71.1 Å². The topological polar surface area (TPSA) is 26.3 Å². The number of carbonyl (C=O) groups excluding carboxylic acids is 1. The van der Waals surface area contributed by atoms with Gasteiger partial charge in [-0.25, -0.2) is 0 Å². The highest BCUT2D eigenvalue weighted by atomic mass is 127. The van der Waals surface area contributed by atoms with E-state index in [1.807, 2.05) is 24.3 Å². The molecule has 1 aromatic carbocycles. The zero-order valence-corrected chi connectivity index (χ0v) is 15.2. The summed E-state index contributed by atoms with van der Waals surface area (Å²) in [5.74, 6) is 0.537. The van der Waals surface area contributed by atoms with Crippen LogP contribution in [0, 0.1) is 3.57 Å². The van der Waals surface area contributed by atoms with Crippen LogP contribution in [0.25, 0.3) is 0 Å². The third-order valence-corrected chi connectivity index (χ3v) is 4.25. The van der Waals surface area contributed by atoms with Gasteiger partial charge in [-0.15, -0.1) is 0 Å². The minimum Gasteiger partial charge on any atom is -0.427 e. The van der Waals surface area contributed by atoms with Crippen LogP contribution in [0.4, 0.5) is 0 Å². The third-order valence-electron chi connectivity index (χ3n) is 3.53. The Balaban J connectivity index is 1.97. The standard InChI is InChI=1S/C18H27IO2/c1-2-3-4-5-6-7-8-9-10-11-18(20)21-17-14-12-16(19)13-15-17/h12-15H,2-11H2,1H3. The molecule has 118 valence electrons. The second kappa shape index (κ2) is 12.0. The predicted octanol–water partition coefficient (Wildman–Crippen LogP) is 6.12. The van der Waals surface area contributed by atoms with E-state index in [0.717, 1.165) is 16.4 Å². The Morgan fingerprint density at radius 1 is 0.905 bits per heavy atom. The van der Waals surface area contributed by atoms with E-state index in [-0.39, 0.29) is 5.97 Å². The Morgan fingerprint density at radius 2 is 1.43 bits per heavy atom. The number of ether oxygens (including phenoxy) is 1. The van der Waals surface area contributed by atoms with E-state index >= 15 is 0 Å². The molecule has 0 N–H and O–H groups in total. The average molecular weight is 402 g/mol. The summed E-state index contributed by atoms with van der Waals surface area (Å²) in [6, 6.07) is 7.58. The maximum Gasteiger partial charge on any atom is 0.311 e. The van der Waals surface area contributed by atoms with Crippen molar-refractivity contribution in [3.63, 3.8) is 0 Å². The molecule has 0 bridgehead atoms. The van der Waals surface area contributed by atoms with E-state index in [0.29, 0.717) is 12.2 Å². The molecule has 1 aromatic rings. The molecule has 0 atom stereocenters. The normalized spacial score (nSPS) is 10.6. The number of hydrogen-bond acceptors (Lipinski definition) is 2. The fourth-order valence-electron chi connectivity index (χ4n) is 2.27. The molecular formula is C18H27IO2. The average Bonchev–Trinajstić information content (AvgIpc) is 2.48. The maximum atomic E-state index is 11.7. The van der Waals surface area contributed by atoms with Gasteiger partial charge in [-0.05, 0) is 53.3 Å². The highest BCUT2D eigenvalue weighted by molar-refractivity contribution is 14.1. The predicted molar refractivity (Wildman–Crippen MR) is 96.6 cm³/mol. The molecule has 0 aromatic heterocycles. The van der Waals surface area contributed by atoms with Gasteiger partial charge >= 0.3 is 5.97 Å². The summed E-state index contributed by atoms with van der Waals surface area (Å²) in [6.07, 6.45) is 11.9. The Labute approximate surface area is 142 Å². The molecule has 0 unspecified atom stereocenters. The Bertz CT molecular complexity index is 387. The monoisotopic (exact) mass is 402 g/mol. The highest BCUT2D eigenvalue weighted by Crippen LogP contribution is 2.15. The highest BCUT2D eigenvalue weighted by Gasteiger charge is 2.04. The minimum atomic E-state index is -0.112. The van der Waals surface area contributed by atoms with Gasteiger partial charge in [0.15, 0.2) is 0 Å². The van der Waals surface area contributed by atoms with Crippen molar-refractivity contribution in [3.05, 3.63) is 27.8 Å². The summed E-state index contributed by atoms with van der Waals surface area (Å²) in [5.41, 5.74) is 0. The van der Waals surface area contributed by atoms with E-state index in [2.05, 4.69) is 29.5 Å². The van der Waals surface area contributed by atoms with Crippen molar-refractivity contribution >= 4 is 28.6 Å². The lowest BCUT2D eigenvalue weighted by atomic mass is 10.1. The van der Waals surface area contributed by atoms with Crippen molar-refractivity contribution in [2.24, 2.45) is 0 Å². The molecule has 0 aliphatic carbocycles. The molecule has 21 heavy (non-hydrogen) atoms. The lowest BCUT2D eigenvalue weighted by Crippen LogP contribution is -2.07. The number of benzene rings is 1. The second-order valence-electron chi connectivity index (χ2n) is 5.51. The van der Waals surface area contributed by atoms with Crippen molar-refractivity contribution in [1.82, 2.24) is 0 Å². The van der Waals surface area contributed by atoms with Crippen molar-refractivity contribution in [3.8, 4) is 5.75 Å². The van der Waals surface area contributed by atoms with Gasteiger partial charge in [0, 0.05) is 9.99 Å². The molecule has 0 fully saturated rings. The SMILES string of the molecule is CCCCCCCCCCCC(=O)Oc1ccc(I)cc1. The van der Waals surface area contributed by atoms with Gasteiger partial charge in [0.1, 0.15) is 5.75 Å². The summed E-state index contributed by atoms with van der Waals surface area (Å²) in [5, 5.41) is 0. The van der Waals surface area contributed by atoms with Gasteiger partial charge in [-0.3, -0.25) is 4.79 Å². The van der Waals surface area contributed by atoms with E-state index in [1.54, 1.807) is 0 Å². The van der Waals surface area contributed by atoms with Crippen LogP contribution < -0.4 is 4.74 Å². The molecule has 2 nitrogen and oxygen atoms in total. The molecule has 0 heterocycles. The van der Waals surface area contributed by atoms with Gasteiger partial charge in [0.25, 0.3) is 0 Å². The van der Waals surface area contributed by atoms with Gasteiger partial charge in [0.05, 0.1) is 0 Å². The molecule has 0 radical (unpaired) electrons. The van der Waals surface area contributed by atoms with Crippen molar-refractivity contribution < 1.29 is 9.53 Å². The number of rotatable bonds is 11. The summed E-state index contributed by atoms with van der Waals surface area (Å²) in [4.78, 5) is 11.7. The second-order valence-corrected chi connectivity index (χ2v) is 6.75. The van der Waals surface area contributed by atoms with Crippen LogP contribution >= 0.6 is 22.6 Å². The molecule has 0 aliphatic heterocycles. The van der Waals surface area contributed by atoms with Crippen LogP contribution in [0.5, 0.6) is 5.75 Å². The molecule has 0 aliphatic rings. The van der Waals surface area contributed by atoms with Gasteiger partial charge in [0.2, 0.25) is 0 Å². The first-order chi connectivity index (χ1) is 10.2. The molecule has 0 amide bonds. The van der Waals surface area contributed by atoms with Crippen LogP contribution in [0.1, 0.15) is 71.1 Å². The number of carbonyl (C=O) groups is 1. The summed E-state index contributed by atoms with van der Waals surface area (Å²) in [7, 11) is 0. The number of unbranched alkanes of at least 4 members (excludes halogenated alkanes) is 8. The smallest absolute Gasteiger partial charge is 0.311 e. The number of halogens is 1. The molecule has 0 saturated heterocycles. The summed E-state index contributed by atoms with van der Waals surface area (Å²) >= 11 is 2.24. The lowest BCUT2D eigenvalue weighted by Gasteiger charge is -2.04. The molecule has 0 spiro atoms. The van der Waals surface area contributed by atoms with Gasteiger partial charge < -0.3 is 4.74 Å². The number of esters is 1. The largest absolute Gasteiger partial charge is 0.427 e. The molecule has 1 rings (SSSR count). The van der Waals surface area contributed by atoms with Crippen LogP contribution in [0.15, 0.2) is 24.3 Å². The van der Waals surface area contributed by atoms with Crippen molar-refractivity contribution in [2.75, 3.05) is 0 Å². The van der Waals surface area contributed by atoms with Crippen LogP contribution in [-0.2, 0) is 4.79 Å². The van der Waals surface area contributed by atoms with E-state index < -0.39 is 0 Å². The zero-order valence-electron chi connectivity index (χ0n) is 13.1. The Morgan fingerprint density at radius 3 is 2.00 bits per heavy atom. The molecule has 3 heteroatoms. The first kappa shape index (κ1) is 18.5. The van der Waals surface area contributed by atoms with Crippen LogP contribution in [-0.4, -0.2) is 5.97 Å². The van der Waals surface area contributed by atoms with E-state index in [4.69, 9.17) is 4.74 Å². The lowest BCUT2D eigenvalue weighted by molar-refractivity contribution is -0.134. The van der Waals surface area contributed by atoms with Crippen molar-refractivity contribution in [1.29, 1.82) is 0 Å². The van der Waals surface area contributed by atoms with Gasteiger partial charge in [-0.2, -0.15) is 0 Å². The first-order valence-corrected chi connectivity index (χ1v) is 9.26. The fourth-order valence-corrected chi connectivity index (χ4v) is 2.62. The maximum absolute atomic E-state index is 11.7. The first-order valence-electron chi connectivity index (χ1n) is 8.18. The molecule has 0 saturated carbocycles. The van der Waals surface area contributed by atoms with E-state index in [1.165, 1.54) is 44.9 Å². The van der Waals surface area contributed by atoms with E-state index in [9.17, 15) is 4.79 Å². The summed E-state index contributed by atoms with van der Waals surface area (Å²) in [6.45, 7) is 2.25. The quantitative estimate of drug-likeness (QED) is 0.193. The Hall–Kier alpha value is -0.580. The zero-order chi connectivity index (χ0) is 15.3. The third kappa shape index (κ3) is 9.88. The Kier molecular flexibility index (Phi) is 10.6. The molecular weight excluding hydrogens is 375 g/mol. The fraction of sp³-hybridized carbons (Fsp3) is 0.611. The summed E-state index contributed by atoms with van der Waals surface area (Å²) < 4.78 is 6.44. The van der Waals surface area contributed by atoms with Crippen LogP contribution in [0.2, 0.25) is 0 Å².